The summed E-state index contributed by atoms with van der Waals surface area (Å²) in [5.74, 6) is -0.425. The van der Waals surface area contributed by atoms with Gasteiger partial charge in [-0.25, -0.2) is 0 Å². The molecule has 2 aromatic rings. The highest BCUT2D eigenvalue weighted by Gasteiger charge is 2.28. The lowest BCUT2D eigenvalue weighted by Gasteiger charge is -2.10. The molecular weight excluding hydrogens is 357 g/mol. The van der Waals surface area contributed by atoms with Crippen molar-refractivity contribution in [2.75, 3.05) is 11.9 Å². The Bertz CT molecular complexity index is 742. The van der Waals surface area contributed by atoms with Crippen LogP contribution in [-0.4, -0.2) is 24.6 Å². The first kappa shape index (κ1) is 18.8. The lowest BCUT2D eigenvalue weighted by molar-refractivity contribution is -0.153. The first-order valence-corrected chi connectivity index (χ1v) is 7.99. The molecule has 134 valence electrons. The summed E-state index contributed by atoms with van der Waals surface area (Å²) >= 11 is 1.15. The predicted octanol–water partition coefficient (Wildman–Crippen LogP) is 3.58. The molecule has 0 aliphatic heterocycles. The second kappa shape index (κ2) is 8.02. The van der Waals surface area contributed by atoms with Crippen LogP contribution in [0.3, 0.4) is 0 Å². The van der Waals surface area contributed by atoms with E-state index < -0.39 is 12.8 Å². The van der Waals surface area contributed by atoms with E-state index in [1.165, 1.54) is 19.1 Å². The van der Waals surface area contributed by atoms with E-state index in [9.17, 15) is 22.8 Å². The number of amides is 2. The van der Waals surface area contributed by atoms with Crippen molar-refractivity contribution in [1.82, 2.24) is 5.32 Å². The van der Waals surface area contributed by atoms with Crippen LogP contribution in [0.2, 0.25) is 0 Å². The van der Waals surface area contributed by atoms with Gasteiger partial charge in [0, 0.05) is 13.5 Å². The number of anilines is 1. The first-order chi connectivity index (χ1) is 11.7. The van der Waals surface area contributed by atoms with E-state index in [0.717, 1.165) is 11.3 Å². The van der Waals surface area contributed by atoms with Crippen molar-refractivity contribution in [1.29, 1.82) is 0 Å². The summed E-state index contributed by atoms with van der Waals surface area (Å²) in [7, 11) is 0. The van der Waals surface area contributed by atoms with Gasteiger partial charge in [0.25, 0.3) is 5.91 Å². The summed E-state index contributed by atoms with van der Waals surface area (Å²) in [6.45, 7) is 0.241. The standard InChI is InChI=1S/C16H15F3N2O3S/c1-10(22)21-14-7-6-13(25-14)15(23)20-8-11-2-4-12(5-3-11)24-9-16(17,18)19/h2-7H,8-9H2,1H3,(H,20,23)(H,21,22). The van der Waals surface area contributed by atoms with Gasteiger partial charge in [-0.15, -0.1) is 11.3 Å². The minimum Gasteiger partial charge on any atom is -0.484 e. The molecule has 1 heterocycles. The van der Waals surface area contributed by atoms with Gasteiger partial charge in [-0.3, -0.25) is 9.59 Å². The topological polar surface area (TPSA) is 67.4 Å². The van der Waals surface area contributed by atoms with Crippen molar-refractivity contribution >= 4 is 28.2 Å². The molecule has 0 radical (unpaired) electrons. The van der Waals surface area contributed by atoms with Crippen LogP contribution in [0.15, 0.2) is 36.4 Å². The van der Waals surface area contributed by atoms with E-state index in [-0.39, 0.29) is 24.1 Å². The van der Waals surface area contributed by atoms with Crippen LogP contribution in [0, 0.1) is 0 Å². The second-order valence-electron chi connectivity index (χ2n) is 5.08. The van der Waals surface area contributed by atoms with Gasteiger partial charge in [0.1, 0.15) is 5.75 Å². The number of hydrogen-bond donors (Lipinski definition) is 2. The Balaban J connectivity index is 1.85. The SMILES string of the molecule is CC(=O)Nc1ccc(C(=O)NCc2ccc(OCC(F)(F)F)cc2)s1. The van der Waals surface area contributed by atoms with Crippen LogP contribution in [0.4, 0.5) is 18.2 Å². The molecule has 1 aromatic heterocycles. The summed E-state index contributed by atoms with van der Waals surface area (Å²) in [6.07, 6.45) is -4.39. The molecule has 5 nitrogen and oxygen atoms in total. The average molecular weight is 372 g/mol. The molecule has 9 heteroatoms. The van der Waals surface area contributed by atoms with Crippen LogP contribution in [-0.2, 0) is 11.3 Å². The summed E-state index contributed by atoms with van der Waals surface area (Å²) in [5.41, 5.74) is 0.714. The van der Waals surface area contributed by atoms with E-state index in [4.69, 9.17) is 0 Å². The van der Waals surface area contributed by atoms with E-state index in [1.807, 2.05) is 0 Å². The van der Waals surface area contributed by atoms with Crippen LogP contribution in [0.1, 0.15) is 22.2 Å². The van der Waals surface area contributed by atoms with Gasteiger partial charge in [-0.05, 0) is 29.8 Å². The molecular formula is C16H15F3N2O3S. The molecule has 25 heavy (non-hydrogen) atoms. The fourth-order valence-corrected chi connectivity index (χ4v) is 2.71. The lowest BCUT2D eigenvalue weighted by atomic mass is 10.2. The summed E-state index contributed by atoms with van der Waals surface area (Å²) in [4.78, 5) is 23.4. The Hall–Kier alpha value is -2.55. The van der Waals surface area contributed by atoms with Crippen LogP contribution in [0.5, 0.6) is 5.75 Å². The fraction of sp³-hybridized carbons (Fsp3) is 0.250. The van der Waals surface area contributed by atoms with Gasteiger partial charge in [-0.1, -0.05) is 12.1 Å². The fourth-order valence-electron chi connectivity index (χ4n) is 1.84. The minimum atomic E-state index is -4.39. The van der Waals surface area contributed by atoms with E-state index in [1.54, 1.807) is 24.3 Å². The quantitative estimate of drug-likeness (QED) is 0.815. The number of hydrogen-bond acceptors (Lipinski definition) is 4. The van der Waals surface area contributed by atoms with E-state index in [0.29, 0.717) is 15.4 Å². The van der Waals surface area contributed by atoms with Crippen LogP contribution < -0.4 is 15.4 Å². The Morgan fingerprint density at radius 1 is 1.12 bits per heavy atom. The highest BCUT2D eigenvalue weighted by atomic mass is 32.1. The van der Waals surface area contributed by atoms with Crippen molar-refractivity contribution < 1.29 is 27.5 Å². The Labute approximate surface area is 145 Å². The van der Waals surface area contributed by atoms with E-state index in [2.05, 4.69) is 15.4 Å². The Kier molecular flexibility index (Phi) is 6.02. The number of halogens is 3. The molecule has 2 amide bonds. The zero-order valence-electron chi connectivity index (χ0n) is 13.1. The van der Waals surface area contributed by atoms with Crippen molar-refractivity contribution in [3.8, 4) is 5.75 Å². The van der Waals surface area contributed by atoms with Crippen molar-refractivity contribution in [3.63, 3.8) is 0 Å². The van der Waals surface area contributed by atoms with Crippen molar-refractivity contribution in [3.05, 3.63) is 46.8 Å². The number of carbonyl (C=O) groups excluding carboxylic acids is 2. The lowest BCUT2D eigenvalue weighted by Crippen LogP contribution is -2.21. The zero-order chi connectivity index (χ0) is 18.4. The maximum Gasteiger partial charge on any atom is 0.422 e. The molecule has 1 aromatic carbocycles. The van der Waals surface area contributed by atoms with Crippen LogP contribution >= 0.6 is 11.3 Å². The largest absolute Gasteiger partial charge is 0.484 e. The monoisotopic (exact) mass is 372 g/mol. The maximum absolute atomic E-state index is 12.1. The molecule has 0 saturated carbocycles. The predicted molar refractivity (Wildman–Crippen MR) is 87.8 cm³/mol. The third-order valence-electron chi connectivity index (χ3n) is 2.91. The van der Waals surface area contributed by atoms with Gasteiger partial charge in [-0.2, -0.15) is 13.2 Å². The van der Waals surface area contributed by atoms with Crippen molar-refractivity contribution in [2.24, 2.45) is 0 Å². The summed E-state index contributed by atoms with van der Waals surface area (Å²) < 4.78 is 40.8. The minimum absolute atomic E-state index is 0.102. The smallest absolute Gasteiger partial charge is 0.422 e. The third kappa shape index (κ3) is 6.46. The number of thiophene rings is 1. The molecule has 2 N–H and O–H groups in total. The second-order valence-corrected chi connectivity index (χ2v) is 6.16. The van der Waals surface area contributed by atoms with Crippen LogP contribution in [0.25, 0.3) is 0 Å². The third-order valence-corrected chi connectivity index (χ3v) is 3.91. The van der Waals surface area contributed by atoms with Gasteiger partial charge in [0.2, 0.25) is 5.91 Å². The normalized spacial score (nSPS) is 11.0. The van der Waals surface area contributed by atoms with Gasteiger partial charge in [0.05, 0.1) is 9.88 Å². The Morgan fingerprint density at radius 3 is 2.40 bits per heavy atom. The molecule has 0 aliphatic rings. The summed E-state index contributed by atoms with van der Waals surface area (Å²) in [5, 5.41) is 5.86. The first-order valence-electron chi connectivity index (χ1n) is 7.17. The maximum atomic E-state index is 12.1. The average Bonchev–Trinajstić information content (AvgIpc) is 2.98. The molecule has 0 aliphatic carbocycles. The number of carbonyl (C=O) groups is 2. The number of nitrogens with one attached hydrogen (secondary N) is 2. The zero-order valence-corrected chi connectivity index (χ0v) is 14.0. The Morgan fingerprint density at radius 2 is 1.80 bits per heavy atom. The van der Waals surface area contributed by atoms with Gasteiger partial charge >= 0.3 is 6.18 Å². The van der Waals surface area contributed by atoms with Crippen molar-refractivity contribution in [2.45, 2.75) is 19.6 Å². The van der Waals surface area contributed by atoms with E-state index >= 15 is 0 Å². The number of ether oxygens (including phenoxy) is 1. The highest BCUT2D eigenvalue weighted by molar-refractivity contribution is 7.18. The molecule has 0 saturated heterocycles. The molecule has 0 spiro atoms. The van der Waals surface area contributed by atoms with Gasteiger partial charge < -0.3 is 15.4 Å². The molecule has 2 rings (SSSR count). The molecule has 0 fully saturated rings. The number of benzene rings is 1. The number of alkyl halides is 3. The molecule has 0 atom stereocenters. The molecule has 0 bridgehead atoms. The highest BCUT2D eigenvalue weighted by Crippen LogP contribution is 2.22. The number of rotatable bonds is 6. The molecule has 0 unspecified atom stereocenters. The van der Waals surface area contributed by atoms with Gasteiger partial charge in [0.15, 0.2) is 6.61 Å². The summed E-state index contributed by atoms with van der Waals surface area (Å²) in [6, 6.07) is 9.19.